The summed E-state index contributed by atoms with van der Waals surface area (Å²) in [7, 11) is 0. The molecule has 1 aliphatic rings. The number of aromatic nitrogens is 2. The molecular formula is C11H12N2OS2. The van der Waals surface area contributed by atoms with E-state index in [9.17, 15) is 0 Å². The summed E-state index contributed by atoms with van der Waals surface area (Å²) in [6.45, 7) is 2.31. The molecule has 0 unspecified atom stereocenters. The van der Waals surface area contributed by atoms with Gasteiger partial charge in [0.1, 0.15) is 0 Å². The van der Waals surface area contributed by atoms with Gasteiger partial charge in [-0.05, 0) is 49.0 Å². The van der Waals surface area contributed by atoms with Crippen LogP contribution in [0.25, 0.3) is 10.8 Å². The maximum absolute atomic E-state index is 5.33. The van der Waals surface area contributed by atoms with E-state index in [4.69, 9.17) is 16.6 Å². The summed E-state index contributed by atoms with van der Waals surface area (Å²) in [4.78, 5) is 2.92. The Bertz CT molecular complexity index is 567. The summed E-state index contributed by atoms with van der Waals surface area (Å²) in [6.07, 6.45) is 3.65. The molecule has 3 nitrogen and oxygen atoms in total. The zero-order valence-electron chi connectivity index (χ0n) is 8.95. The first-order chi connectivity index (χ1) is 7.72. The first-order valence-corrected chi connectivity index (χ1v) is 6.62. The van der Waals surface area contributed by atoms with Crippen molar-refractivity contribution in [3.63, 3.8) is 0 Å². The van der Waals surface area contributed by atoms with Crippen LogP contribution in [0.1, 0.15) is 23.8 Å². The van der Waals surface area contributed by atoms with Gasteiger partial charge in [0.15, 0.2) is 0 Å². The quantitative estimate of drug-likeness (QED) is 0.789. The van der Waals surface area contributed by atoms with E-state index in [1.807, 2.05) is 0 Å². The van der Waals surface area contributed by atoms with E-state index < -0.39 is 0 Å². The third kappa shape index (κ3) is 1.74. The van der Waals surface area contributed by atoms with Crippen LogP contribution in [-0.2, 0) is 12.8 Å². The van der Waals surface area contributed by atoms with E-state index in [0.717, 1.165) is 10.8 Å². The van der Waals surface area contributed by atoms with Gasteiger partial charge in [0, 0.05) is 4.88 Å². The second-order valence-electron chi connectivity index (χ2n) is 4.33. The third-order valence-corrected chi connectivity index (χ3v) is 4.38. The molecule has 1 aliphatic carbocycles. The van der Waals surface area contributed by atoms with Crippen LogP contribution in [0.5, 0.6) is 0 Å². The largest absolute Gasteiger partial charge is 0.408 e. The molecule has 84 valence electrons. The van der Waals surface area contributed by atoms with Crippen LogP contribution in [-0.4, -0.2) is 10.2 Å². The van der Waals surface area contributed by atoms with Crippen LogP contribution < -0.4 is 0 Å². The molecule has 0 aromatic carbocycles. The van der Waals surface area contributed by atoms with Crippen LogP contribution in [0.2, 0.25) is 0 Å². The van der Waals surface area contributed by atoms with E-state index in [1.165, 1.54) is 29.7 Å². The highest BCUT2D eigenvalue weighted by Gasteiger charge is 2.20. The van der Waals surface area contributed by atoms with Crippen molar-refractivity contribution in [2.75, 3.05) is 0 Å². The first kappa shape index (κ1) is 10.2. The minimum absolute atomic E-state index is 0.342. The lowest BCUT2D eigenvalue weighted by atomic mass is 9.90. The van der Waals surface area contributed by atoms with Gasteiger partial charge in [0.05, 0.1) is 4.88 Å². The van der Waals surface area contributed by atoms with E-state index in [2.05, 4.69) is 23.2 Å². The number of nitrogens with zero attached hydrogens (tertiary/aromatic N) is 1. The minimum Gasteiger partial charge on any atom is -0.408 e. The third-order valence-electron chi connectivity index (χ3n) is 2.98. The first-order valence-electron chi connectivity index (χ1n) is 5.40. The molecule has 0 saturated carbocycles. The Labute approximate surface area is 103 Å². The molecular weight excluding hydrogens is 240 g/mol. The van der Waals surface area contributed by atoms with E-state index >= 15 is 0 Å². The van der Waals surface area contributed by atoms with E-state index in [-0.39, 0.29) is 0 Å². The van der Waals surface area contributed by atoms with Crippen molar-refractivity contribution in [3.05, 3.63) is 21.3 Å². The summed E-state index contributed by atoms with van der Waals surface area (Å²) in [5.74, 6) is 1.41. The van der Waals surface area contributed by atoms with Crippen molar-refractivity contribution in [1.29, 1.82) is 0 Å². The van der Waals surface area contributed by atoms with Gasteiger partial charge in [-0.25, -0.2) is 5.10 Å². The molecule has 2 aromatic heterocycles. The zero-order valence-corrected chi connectivity index (χ0v) is 10.6. The molecule has 0 fully saturated rings. The molecule has 1 N–H and O–H groups in total. The average Bonchev–Trinajstić information content (AvgIpc) is 2.83. The highest BCUT2D eigenvalue weighted by Crippen LogP contribution is 2.36. The lowest BCUT2D eigenvalue weighted by molar-refractivity contribution is 0.506. The Morgan fingerprint density at radius 3 is 3.25 bits per heavy atom. The number of H-pyrrole nitrogens is 1. The minimum atomic E-state index is 0.342. The Morgan fingerprint density at radius 2 is 2.50 bits per heavy atom. The number of thiophene rings is 1. The van der Waals surface area contributed by atoms with Gasteiger partial charge in [0.2, 0.25) is 0 Å². The molecule has 3 rings (SSSR count). The summed E-state index contributed by atoms with van der Waals surface area (Å²) in [5.41, 5.74) is 1.46. The van der Waals surface area contributed by atoms with Crippen LogP contribution in [0.4, 0.5) is 0 Å². The predicted molar refractivity (Wildman–Crippen MR) is 66.2 cm³/mol. The van der Waals surface area contributed by atoms with Gasteiger partial charge in [-0.15, -0.1) is 16.4 Å². The van der Waals surface area contributed by atoms with Gasteiger partial charge in [-0.2, -0.15) is 0 Å². The molecule has 1 atom stereocenters. The lowest BCUT2D eigenvalue weighted by Crippen LogP contribution is -2.07. The number of rotatable bonds is 1. The molecule has 0 amide bonds. The summed E-state index contributed by atoms with van der Waals surface area (Å²) in [5, 5.41) is 6.72. The van der Waals surface area contributed by atoms with Crippen LogP contribution in [0, 0.1) is 10.8 Å². The molecule has 2 aromatic rings. The molecule has 2 heterocycles. The number of aryl methyl sites for hydroxylation is 1. The Hall–Kier alpha value is -0.940. The van der Waals surface area contributed by atoms with Crippen LogP contribution in [0.3, 0.4) is 0 Å². The standard InChI is InChI=1S/C11H12N2OS2/c1-6-2-3-8-7(4-6)5-9(16-8)10-12-13-11(15)14-10/h5-6H,2-4H2,1H3,(H,13,15)/t6-/m0/s1. The summed E-state index contributed by atoms with van der Waals surface area (Å²) < 4.78 is 5.33. The van der Waals surface area contributed by atoms with E-state index in [1.54, 1.807) is 11.3 Å². The smallest absolute Gasteiger partial charge is 0.284 e. The van der Waals surface area contributed by atoms with Crippen molar-refractivity contribution in [2.24, 2.45) is 5.92 Å². The van der Waals surface area contributed by atoms with Gasteiger partial charge in [-0.1, -0.05) is 6.92 Å². The maximum atomic E-state index is 5.33. The van der Waals surface area contributed by atoms with Crippen molar-refractivity contribution >= 4 is 23.6 Å². The fraction of sp³-hybridized carbons (Fsp3) is 0.455. The van der Waals surface area contributed by atoms with Crippen molar-refractivity contribution in [3.8, 4) is 10.8 Å². The Kier molecular flexibility index (Phi) is 2.44. The molecule has 16 heavy (non-hydrogen) atoms. The molecule has 0 bridgehead atoms. The van der Waals surface area contributed by atoms with E-state index in [0.29, 0.717) is 10.7 Å². The van der Waals surface area contributed by atoms with Gasteiger partial charge in [0.25, 0.3) is 10.7 Å². The maximum Gasteiger partial charge on any atom is 0.284 e. The normalized spacial score (nSPS) is 19.7. The van der Waals surface area contributed by atoms with Gasteiger partial charge >= 0.3 is 0 Å². The SMILES string of the molecule is C[C@H]1CCc2sc(-c3n[nH]c(=S)o3)cc2C1. The zero-order chi connectivity index (χ0) is 11.1. The highest BCUT2D eigenvalue weighted by molar-refractivity contribution is 7.71. The molecule has 5 heteroatoms. The van der Waals surface area contributed by atoms with Crippen molar-refractivity contribution in [1.82, 2.24) is 10.2 Å². The Morgan fingerprint density at radius 1 is 1.62 bits per heavy atom. The summed E-state index contributed by atoms with van der Waals surface area (Å²) >= 11 is 6.66. The lowest BCUT2D eigenvalue weighted by Gasteiger charge is -2.16. The number of nitrogens with one attached hydrogen (secondary N) is 1. The molecule has 0 saturated heterocycles. The Balaban J connectivity index is 2.01. The van der Waals surface area contributed by atoms with Crippen molar-refractivity contribution < 1.29 is 4.42 Å². The topological polar surface area (TPSA) is 41.8 Å². The average molecular weight is 252 g/mol. The number of fused-ring (bicyclic) bond motifs is 1. The fourth-order valence-corrected chi connectivity index (χ4v) is 3.41. The van der Waals surface area contributed by atoms with Crippen LogP contribution in [0.15, 0.2) is 10.5 Å². The summed E-state index contributed by atoms with van der Waals surface area (Å²) in [6, 6.07) is 2.20. The molecule has 0 aliphatic heterocycles. The predicted octanol–water partition coefficient (Wildman–Crippen LogP) is 3.59. The number of hydrogen-bond donors (Lipinski definition) is 1. The fourth-order valence-electron chi connectivity index (χ4n) is 2.15. The second-order valence-corrected chi connectivity index (χ2v) is 5.83. The number of hydrogen-bond acceptors (Lipinski definition) is 4. The van der Waals surface area contributed by atoms with Gasteiger partial charge in [-0.3, -0.25) is 0 Å². The van der Waals surface area contributed by atoms with Crippen LogP contribution >= 0.6 is 23.6 Å². The van der Waals surface area contributed by atoms with Gasteiger partial charge < -0.3 is 4.42 Å². The van der Waals surface area contributed by atoms with Crippen molar-refractivity contribution in [2.45, 2.75) is 26.2 Å². The number of aromatic amines is 1. The monoisotopic (exact) mass is 252 g/mol. The molecule has 0 spiro atoms. The highest BCUT2D eigenvalue weighted by atomic mass is 32.1. The molecule has 0 radical (unpaired) electrons. The second kappa shape index (κ2) is 3.82.